The van der Waals surface area contributed by atoms with E-state index in [1.165, 1.54) is 40.6 Å². The largest absolute Gasteiger partial charge is 0.394 e. The van der Waals surface area contributed by atoms with Gasteiger partial charge in [-0.3, -0.25) is 52.7 Å². The monoisotopic (exact) mass is 1330 g/mol. The highest BCUT2D eigenvalue weighted by Gasteiger charge is 2.41. The Bertz CT molecular complexity index is 3640. The Morgan fingerprint density at radius 1 is 0.632 bits per heavy atom. The molecule has 0 spiro atoms. The molecular weight excluding hydrogens is 1240 g/mol. The zero-order valence-electron chi connectivity index (χ0n) is 54.8. The van der Waals surface area contributed by atoms with E-state index in [9.17, 15) is 57.8 Å². The van der Waals surface area contributed by atoms with Gasteiger partial charge in [0, 0.05) is 105 Å². The topological polar surface area (TPSA) is 340 Å². The number of unbranched alkanes of at least 4 members (excludes halogenated alkanes) is 1. The minimum Gasteiger partial charge on any atom is -0.394 e. The Morgan fingerprint density at radius 3 is 1.83 bits per heavy atom. The van der Waals surface area contributed by atoms with Gasteiger partial charge in [0.25, 0.3) is 0 Å². The average Bonchev–Trinajstić information content (AvgIpc) is 1.83. The summed E-state index contributed by atoms with van der Waals surface area (Å²) < 4.78 is 0. The van der Waals surface area contributed by atoms with Crippen LogP contribution >= 0.6 is 11.6 Å². The number of rotatable bonds is 11. The maximum absolute atomic E-state index is 14.9. The van der Waals surface area contributed by atoms with Gasteiger partial charge in [-0.05, 0) is 93.3 Å². The Morgan fingerprint density at radius 2 is 1.22 bits per heavy atom. The molecule has 26 nitrogen and oxygen atoms in total. The number of nitrogens with one attached hydrogen (secondary N) is 9. The molecule has 2 aromatic heterocycles. The van der Waals surface area contributed by atoms with Crippen molar-refractivity contribution in [3.05, 3.63) is 119 Å². The zero-order valence-corrected chi connectivity index (χ0v) is 55.5. The standard InChI is InChI=1S/C68H89ClN14O12/c1-8-9-23-51-62(89)76-53(33-45-37-71-50-25-14-12-22-48(45)50)64(91)78-55(39-84)61(88)72-35-40(2)80(6)42(4)66(93)81(7)57(31-43-19-17-20-46(69)30-43)68(95)79(5)38-59(86)83-29-18-26-56(83)65(92)77-54(67(94)82-27-15-10-16-28-82)34-58(85)73-41(3)60(87)75-52(63(90)74-51)32-44-36-70-49-24-13-11-21-47(44)49/h11-14,17,19-22,24-25,30,36-37,41-42,51-57,70-71,84H,2,8-10,15-16,18,23,26-29,31-35,38-39H2,1,3-7H3,(H,72,88)(H,73,85)(H,74,90)(H,75,87)(H,76,89)(H,77,92)(H,78,91)/t41-,42-,51-,52-,53-,54-,55-,56-,57-/m0/s1. The van der Waals surface area contributed by atoms with Gasteiger partial charge in [0.15, 0.2) is 0 Å². The summed E-state index contributed by atoms with van der Waals surface area (Å²) in [6, 6.07) is 9.57. The number of para-hydroxylation sites is 2. The second-order valence-corrected chi connectivity index (χ2v) is 25.4. The number of likely N-dealkylation sites (N-methyl/N-ethyl adjacent to an activating group) is 3. The lowest BCUT2D eigenvalue weighted by Crippen LogP contribution is -2.60. The minimum absolute atomic E-state index is 0.0330. The van der Waals surface area contributed by atoms with E-state index < -0.39 is 139 Å². The Kier molecular flexibility index (Phi) is 25.0. The third-order valence-electron chi connectivity index (χ3n) is 18.1. The van der Waals surface area contributed by atoms with Crippen molar-refractivity contribution >= 4 is 98.4 Å². The lowest BCUT2D eigenvalue weighted by Gasteiger charge is -2.36. The molecule has 27 heteroatoms. The second kappa shape index (κ2) is 33.2. The molecule has 0 aliphatic carbocycles. The molecule has 3 aliphatic rings. The summed E-state index contributed by atoms with van der Waals surface area (Å²) in [7, 11) is 4.41. The van der Waals surface area contributed by atoms with Crippen LogP contribution in [0.5, 0.6) is 0 Å². The molecule has 5 aromatic rings. The van der Waals surface area contributed by atoms with E-state index >= 15 is 0 Å². The molecule has 9 atom stereocenters. The number of nitrogens with zero attached hydrogens (tertiary/aromatic N) is 5. The van der Waals surface area contributed by atoms with Crippen LogP contribution in [-0.4, -0.2) is 219 Å². The Balaban J connectivity index is 1.12. The number of hydrogen-bond acceptors (Lipinski definition) is 13. The first-order valence-electron chi connectivity index (χ1n) is 32.5. The van der Waals surface area contributed by atoms with E-state index in [0.29, 0.717) is 66.9 Å². The summed E-state index contributed by atoms with van der Waals surface area (Å²) in [6.07, 6.45) is 6.45. The Hall–Kier alpha value is -9.30. The lowest BCUT2D eigenvalue weighted by atomic mass is 10.0. The van der Waals surface area contributed by atoms with Crippen molar-refractivity contribution in [2.24, 2.45) is 0 Å². The molecule has 3 aromatic carbocycles. The van der Waals surface area contributed by atoms with Crippen molar-refractivity contribution < 1.29 is 57.8 Å². The van der Waals surface area contributed by atoms with Crippen LogP contribution in [0.3, 0.4) is 0 Å². The molecule has 0 radical (unpaired) electrons. The van der Waals surface area contributed by atoms with Crippen molar-refractivity contribution in [3.63, 3.8) is 0 Å². The summed E-state index contributed by atoms with van der Waals surface area (Å²) in [5.74, 6) is -7.91. The maximum atomic E-state index is 14.9. The van der Waals surface area contributed by atoms with E-state index in [2.05, 4.69) is 53.8 Å². The number of aromatic nitrogens is 2. The normalized spacial score (nSPS) is 24.7. The highest BCUT2D eigenvalue weighted by atomic mass is 35.5. The van der Waals surface area contributed by atoms with Crippen LogP contribution in [0, 0.1) is 0 Å². The van der Waals surface area contributed by atoms with E-state index in [1.807, 2.05) is 49.4 Å². The third kappa shape index (κ3) is 18.3. The molecule has 0 unspecified atom stereocenters. The number of benzene rings is 3. The van der Waals surface area contributed by atoms with Crippen LogP contribution in [0.15, 0.2) is 97.5 Å². The first-order chi connectivity index (χ1) is 45.5. The molecule has 510 valence electrons. The highest BCUT2D eigenvalue weighted by molar-refractivity contribution is 6.30. The van der Waals surface area contributed by atoms with E-state index in [1.54, 1.807) is 61.6 Å². The predicted molar refractivity (Wildman–Crippen MR) is 356 cm³/mol. The van der Waals surface area contributed by atoms with Gasteiger partial charge in [-0.1, -0.05) is 86.5 Å². The predicted octanol–water partition coefficient (Wildman–Crippen LogP) is 2.08. The van der Waals surface area contributed by atoms with Crippen LogP contribution in [0.25, 0.3) is 21.8 Å². The second-order valence-electron chi connectivity index (χ2n) is 24.9. The summed E-state index contributed by atoms with van der Waals surface area (Å²) in [6.45, 7) is 8.14. The molecule has 8 rings (SSSR count). The highest BCUT2D eigenvalue weighted by Crippen LogP contribution is 2.25. The minimum atomic E-state index is -1.58. The van der Waals surface area contributed by atoms with Crippen molar-refractivity contribution in [2.75, 3.05) is 60.5 Å². The van der Waals surface area contributed by atoms with Gasteiger partial charge in [-0.25, -0.2) is 0 Å². The maximum Gasteiger partial charge on any atom is 0.245 e. The third-order valence-corrected chi connectivity index (χ3v) is 18.4. The molecule has 3 fully saturated rings. The summed E-state index contributed by atoms with van der Waals surface area (Å²) in [5.41, 5.74) is 3.54. The molecule has 11 amide bonds. The lowest BCUT2D eigenvalue weighted by molar-refractivity contribution is -0.149. The Labute approximate surface area is 557 Å². The number of fused-ring (bicyclic) bond motifs is 3. The number of aliphatic hydroxyl groups excluding tert-OH is 1. The molecule has 0 bridgehead atoms. The van der Waals surface area contributed by atoms with Crippen LogP contribution in [0.2, 0.25) is 5.02 Å². The van der Waals surface area contributed by atoms with Gasteiger partial charge in [0.05, 0.1) is 26.1 Å². The molecule has 0 saturated carbocycles. The number of piperidine rings is 1. The van der Waals surface area contributed by atoms with E-state index in [0.717, 1.165) is 28.2 Å². The fourth-order valence-corrected chi connectivity index (χ4v) is 12.6. The number of amides is 11. The fourth-order valence-electron chi connectivity index (χ4n) is 12.4. The number of aliphatic hydroxyl groups is 1. The summed E-state index contributed by atoms with van der Waals surface area (Å²) in [4.78, 5) is 173. The number of carbonyl (C=O) groups excluding carboxylic acids is 11. The molecule has 5 heterocycles. The quantitative estimate of drug-likeness (QED) is 0.0907. The number of halogens is 1. The molecule has 3 saturated heterocycles. The average molecular weight is 1330 g/mol. The number of aromatic amines is 2. The van der Waals surface area contributed by atoms with Crippen molar-refractivity contribution in [1.29, 1.82) is 0 Å². The van der Waals surface area contributed by atoms with Crippen molar-refractivity contribution in [3.8, 4) is 0 Å². The molecular formula is C68H89ClN14O12. The van der Waals surface area contributed by atoms with Gasteiger partial charge >= 0.3 is 0 Å². The van der Waals surface area contributed by atoms with Crippen LogP contribution in [0.1, 0.15) is 95.2 Å². The number of hydrogen-bond donors (Lipinski definition) is 10. The zero-order chi connectivity index (χ0) is 68.6. The van der Waals surface area contributed by atoms with Crippen molar-refractivity contribution in [2.45, 2.75) is 152 Å². The number of carbonyl (C=O) groups is 11. The summed E-state index contributed by atoms with van der Waals surface area (Å²) >= 11 is 6.40. The summed E-state index contributed by atoms with van der Waals surface area (Å²) in [5, 5.41) is 31.6. The van der Waals surface area contributed by atoms with Crippen molar-refractivity contribution in [1.82, 2.24) is 71.7 Å². The molecule has 3 aliphatic heterocycles. The first-order valence-corrected chi connectivity index (χ1v) is 32.9. The van der Waals surface area contributed by atoms with Crippen LogP contribution < -0.4 is 37.2 Å². The van der Waals surface area contributed by atoms with Crippen LogP contribution in [-0.2, 0) is 72.0 Å². The molecule has 10 N–H and O–H groups in total. The first kappa shape index (κ1) is 71.5. The van der Waals surface area contributed by atoms with Gasteiger partial charge in [0.1, 0.15) is 54.4 Å². The van der Waals surface area contributed by atoms with Gasteiger partial charge in [-0.2, -0.15) is 0 Å². The number of H-pyrrole nitrogens is 2. The van der Waals surface area contributed by atoms with Gasteiger partial charge in [-0.15, -0.1) is 0 Å². The van der Waals surface area contributed by atoms with E-state index in [-0.39, 0.29) is 50.9 Å². The van der Waals surface area contributed by atoms with Gasteiger partial charge in [0.2, 0.25) is 65.0 Å². The number of likely N-dealkylation sites (tertiary alicyclic amines) is 1. The van der Waals surface area contributed by atoms with E-state index in [4.69, 9.17) is 11.6 Å². The molecule has 95 heavy (non-hydrogen) atoms. The van der Waals surface area contributed by atoms with Gasteiger partial charge < -0.3 is 76.8 Å². The SMILES string of the molecule is C=C1CNC(=O)[C@H](CO)NC(=O)[C@H](Cc2c[nH]c3ccccc23)NC(=O)[C@H](CCCC)NC(=O)[C@H](Cc2c[nH]c3ccccc23)NC(=O)[C@H](C)NC(=O)C[C@@H](C(=O)N2CCCCC2)NC(=O)[C@@H]2CCCN2C(=O)CN(C)C(=O)[C@H](Cc2cccc(Cl)c2)N(C)C(=O)[C@H](C)N1C. The smallest absolute Gasteiger partial charge is 0.245 e. The fraction of sp³-hybridized carbons (Fsp3) is 0.485. The van der Waals surface area contributed by atoms with Crippen LogP contribution in [0.4, 0.5) is 0 Å².